The van der Waals surface area contributed by atoms with E-state index in [1.807, 2.05) is 11.3 Å². The molecule has 1 heterocycles. The molecule has 2 unspecified atom stereocenters. The first kappa shape index (κ1) is 13.5. The number of fused-ring (bicyclic) bond motifs is 1. The maximum atomic E-state index is 9.29. The zero-order chi connectivity index (χ0) is 12.3. The summed E-state index contributed by atoms with van der Waals surface area (Å²) in [7, 11) is 1.66. The summed E-state index contributed by atoms with van der Waals surface area (Å²) in [5.74, 6) is 0. The molecular weight excluding hydrogens is 302 g/mol. The number of methoxy groups -OCH3 is 1. The quantitative estimate of drug-likeness (QED) is 0.876. The van der Waals surface area contributed by atoms with Gasteiger partial charge in [-0.1, -0.05) is 0 Å². The van der Waals surface area contributed by atoms with Gasteiger partial charge in [-0.15, -0.1) is 11.3 Å². The second-order valence-electron chi connectivity index (χ2n) is 4.38. The lowest BCUT2D eigenvalue weighted by atomic mass is 9.93. The molecule has 1 aliphatic carbocycles. The maximum Gasteiger partial charge on any atom is 0.0704 e. The van der Waals surface area contributed by atoms with Gasteiger partial charge in [-0.25, -0.2) is 0 Å². The molecule has 5 heteroatoms. The molecule has 0 saturated heterocycles. The van der Waals surface area contributed by atoms with Crippen molar-refractivity contribution in [1.82, 2.24) is 5.32 Å². The molecule has 1 aromatic heterocycles. The van der Waals surface area contributed by atoms with Crippen molar-refractivity contribution >= 4 is 27.3 Å². The number of aliphatic hydroxyl groups is 1. The molecular formula is C12H18BrNO2S. The van der Waals surface area contributed by atoms with E-state index in [0.717, 1.165) is 6.42 Å². The minimum atomic E-state index is 0.0228. The Labute approximate surface area is 114 Å². The number of hydrogen-bond donors (Lipinski definition) is 2. The maximum absolute atomic E-state index is 9.29. The Morgan fingerprint density at radius 3 is 3.24 bits per heavy atom. The lowest BCUT2D eigenvalue weighted by Gasteiger charge is -2.27. The topological polar surface area (TPSA) is 41.5 Å². The van der Waals surface area contributed by atoms with Crippen LogP contribution in [0.3, 0.4) is 0 Å². The summed E-state index contributed by atoms with van der Waals surface area (Å²) in [6.45, 7) is 0.665. The van der Waals surface area contributed by atoms with Crippen LogP contribution in [-0.2, 0) is 11.2 Å². The molecule has 1 aromatic rings. The largest absolute Gasteiger partial charge is 0.395 e. The average Bonchev–Trinajstić information content (AvgIpc) is 2.70. The van der Waals surface area contributed by atoms with Gasteiger partial charge in [-0.3, -0.25) is 0 Å². The Kier molecular flexibility index (Phi) is 4.99. The average molecular weight is 320 g/mol. The van der Waals surface area contributed by atoms with Crippen LogP contribution in [0.15, 0.2) is 9.85 Å². The first-order valence-corrected chi connectivity index (χ1v) is 7.49. The molecule has 0 bridgehead atoms. The summed E-state index contributed by atoms with van der Waals surface area (Å²) in [6, 6.07) is 2.58. The van der Waals surface area contributed by atoms with Gasteiger partial charge in [0.25, 0.3) is 0 Å². The number of aryl methyl sites for hydroxylation is 1. The Hall–Kier alpha value is 0.0600. The molecule has 17 heavy (non-hydrogen) atoms. The van der Waals surface area contributed by atoms with Crippen LogP contribution in [-0.4, -0.2) is 31.5 Å². The Bertz CT molecular complexity index is 369. The fourth-order valence-corrected chi connectivity index (χ4v) is 4.15. The van der Waals surface area contributed by atoms with Gasteiger partial charge in [0.05, 0.1) is 23.0 Å². The second kappa shape index (κ2) is 6.29. The molecule has 0 aromatic carbocycles. The summed E-state index contributed by atoms with van der Waals surface area (Å²) < 4.78 is 6.30. The smallest absolute Gasteiger partial charge is 0.0704 e. The van der Waals surface area contributed by atoms with Crippen molar-refractivity contribution in [3.63, 3.8) is 0 Å². The fourth-order valence-electron chi connectivity index (χ4n) is 2.33. The van der Waals surface area contributed by atoms with Gasteiger partial charge in [-0.05, 0) is 46.8 Å². The first-order valence-electron chi connectivity index (χ1n) is 5.88. The van der Waals surface area contributed by atoms with Crippen LogP contribution in [0, 0.1) is 0 Å². The minimum absolute atomic E-state index is 0.0228. The summed E-state index contributed by atoms with van der Waals surface area (Å²) in [5, 5.41) is 12.8. The number of thiophene rings is 1. The lowest BCUT2D eigenvalue weighted by Crippen LogP contribution is -2.39. The van der Waals surface area contributed by atoms with Crippen molar-refractivity contribution < 1.29 is 9.84 Å². The molecule has 2 N–H and O–H groups in total. The van der Waals surface area contributed by atoms with E-state index in [4.69, 9.17) is 4.74 Å². The van der Waals surface area contributed by atoms with Gasteiger partial charge >= 0.3 is 0 Å². The highest BCUT2D eigenvalue weighted by Crippen LogP contribution is 2.38. The zero-order valence-electron chi connectivity index (χ0n) is 9.91. The van der Waals surface area contributed by atoms with Crippen molar-refractivity contribution in [1.29, 1.82) is 0 Å². The van der Waals surface area contributed by atoms with E-state index in [2.05, 4.69) is 27.3 Å². The molecule has 0 aliphatic heterocycles. The Morgan fingerprint density at radius 2 is 2.53 bits per heavy atom. The van der Waals surface area contributed by atoms with Crippen molar-refractivity contribution in [2.24, 2.45) is 0 Å². The first-order chi connectivity index (χ1) is 8.24. The molecule has 0 amide bonds. The van der Waals surface area contributed by atoms with E-state index < -0.39 is 0 Å². The molecule has 2 rings (SSSR count). The summed E-state index contributed by atoms with van der Waals surface area (Å²) >= 11 is 5.38. The summed E-state index contributed by atoms with van der Waals surface area (Å²) in [4.78, 5) is 1.47. The van der Waals surface area contributed by atoms with Crippen molar-refractivity contribution in [3.05, 3.63) is 20.3 Å². The van der Waals surface area contributed by atoms with Gasteiger partial charge in [0.15, 0.2) is 0 Å². The van der Waals surface area contributed by atoms with Crippen LogP contribution in [0.1, 0.15) is 29.3 Å². The third-order valence-corrected chi connectivity index (χ3v) is 4.82. The molecule has 0 radical (unpaired) electrons. The minimum Gasteiger partial charge on any atom is -0.395 e. The van der Waals surface area contributed by atoms with Gasteiger partial charge in [0.2, 0.25) is 0 Å². The molecule has 1 aliphatic rings. The van der Waals surface area contributed by atoms with E-state index in [0.29, 0.717) is 12.6 Å². The number of nitrogens with one attached hydrogen (secondary N) is 1. The van der Waals surface area contributed by atoms with E-state index in [1.54, 1.807) is 7.11 Å². The van der Waals surface area contributed by atoms with Crippen molar-refractivity contribution in [3.8, 4) is 0 Å². The van der Waals surface area contributed by atoms with Gasteiger partial charge in [-0.2, -0.15) is 0 Å². The van der Waals surface area contributed by atoms with Crippen LogP contribution in [0.25, 0.3) is 0 Å². The van der Waals surface area contributed by atoms with E-state index >= 15 is 0 Å². The fraction of sp³-hybridized carbons (Fsp3) is 0.667. The number of aliphatic hydroxyl groups excluding tert-OH is 1. The molecule has 0 spiro atoms. The predicted molar refractivity (Wildman–Crippen MR) is 73.6 cm³/mol. The highest BCUT2D eigenvalue weighted by atomic mass is 79.9. The van der Waals surface area contributed by atoms with E-state index in [-0.39, 0.29) is 12.6 Å². The molecule has 0 fully saturated rings. The van der Waals surface area contributed by atoms with Crippen LogP contribution < -0.4 is 5.32 Å². The standard InChI is InChI=1S/C12H18BrNO2S/c1-16-7-8(6-15)14-10-3-2-4-11-9(10)5-12(13)17-11/h5,8,10,14-15H,2-4,6-7H2,1H3. The molecule has 0 saturated carbocycles. The number of rotatable bonds is 5. The van der Waals surface area contributed by atoms with Crippen molar-refractivity contribution in [2.45, 2.75) is 31.3 Å². The summed E-state index contributed by atoms with van der Waals surface area (Å²) in [6.07, 6.45) is 3.52. The SMILES string of the molecule is COCC(CO)NC1CCCc2sc(Br)cc21. The predicted octanol–water partition coefficient (Wildman–Crippen LogP) is 2.48. The number of halogens is 1. The van der Waals surface area contributed by atoms with Crippen molar-refractivity contribution in [2.75, 3.05) is 20.3 Å². The Morgan fingerprint density at radius 1 is 1.71 bits per heavy atom. The van der Waals surface area contributed by atoms with Crippen LogP contribution in [0.2, 0.25) is 0 Å². The number of ether oxygens (including phenoxy) is 1. The van der Waals surface area contributed by atoms with E-state index in [9.17, 15) is 5.11 Å². The van der Waals surface area contributed by atoms with E-state index in [1.165, 1.54) is 27.1 Å². The van der Waals surface area contributed by atoms with Gasteiger partial charge < -0.3 is 15.2 Å². The third-order valence-electron chi connectivity index (χ3n) is 3.11. The zero-order valence-corrected chi connectivity index (χ0v) is 12.3. The Balaban J connectivity index is 2.07. The molecule has 3 nitrogen and oxygen atoms in total. The lowest BCUT2D eigenvalue weighted by molar-refractivity contribution is 0.120. The third kappa shape index (κ3) is 3.29. The van der Waals surface area contributed by atoms with Gasteiger partial charge in [0, 0.05) is 18.0 Å². The normalized spacial score (nSPS) is 21.2. The second-order valence-corrected chi connectivity index (χ2v) is 6.89. The van der Waals surface area contributed by atoms with Crippen LogP contribution in [0.5, 0.6) is 0 Å². The van der Waals surface area contributed by atoms with Gasteiger partial charge in [0.1, 0.15) is 0 Å². The summed E-state index contributed by atoms with van der Waals surface area (Å²) in [5.41, 5.74) is 1.39. The number of hydrogen-bond acceptors (Lipinski definition) is 4. The monoisotopic (exact) mass is 319 g/mol. The van der Waals surface area contributed by atoms with Crippen LogP contribution >= 0.6 is 27.3 Å². The highest BCUT2D eigenvalue weighted by molar-refractivity contribution is 9.11. The molecule has 96 valence electrons. The molecule has 2 atom stereocenters. The van der Waals surface area contributed by atoms with Crippen LogP contribution in [0.4, 0.5) is 0 Å². The highest BCUT2D eigenvalue weighted by Gasteiger charge is 2.24.